The molecule has 14 heavy (non-hydrogen) atoms. The van der Waals surface area contributed by atoms with Crippen LogP contribution in [0.3, 0.4) is 0 Å². The second-order valence-electron chi connectivity index (χ2n) is 3.35. The van der Waals surface area contributed by atoms with Gasteiger partial charge in [-0.25, -0.2) is 0 Å². The maximum atomic E-state index is 8.88. The van der Waals surface area contributed by atoms with Gasteiger partial charge in [0.05, 0.1) is 0 Å². The smallest absolute Gasteiger partial charge is 0.0471 e. The minimum atomic E-state index is -0.0140. The van der Waals surface area contributed by atoms with Gasteiger partial charge >= 0.3 is 0 Å². The van der Waals surface area contributed by atoms with E-state index in [0.29, 0.717) is 0 Å². The number of hydrogen-bond acceptors (Lipinski definition) is 3. The zero-order valence-corrected chi connectivity index (χ0v) is 9.07. The molecule has 0 saturated carbocycles. The van der Waals surface area contributed by atoms with E-state index < -0.39 is 0 Å². The molecule has 0 spiro atoms. The van der Waals surface area contributed by atoms with Gasteiger partial charge in [-0.05, 0) is 18.1 Å². The molecule has 3 N–H and O–H groups in total. The Morgan fingerprint density at radius 3 is 2.71 bits per heavy atom. The third-order valence-corrected chi connectivity index (χ3v) is 2.19. The van der Waals surface area contributed by atoms with Crippen molar-refractivity contribution in [3.05, 3.63) is 30.1 Å². The average molecular weight is 217 g/mol. The first-order chi connectivity index (χ1) is 6.24. The zero-order valence-electron chi connectivity index (χ0n) is 8.26. The molecule has 0 amide bonds. The van der Waals surface area contributed by atoms with Crippen molar-refractivity contribution in [1.29, 1.82) is 0 Å². The summed E-state index contributed by atoms with van der Waals surface area (Å²) in [6.45, 7) is 2.07. The molecule has 0 radical (unpaired) electrons. The molecule has 0 bridgehead atoms. The summed E-state index contributed by atoms with van der Waals surface area (Å²) in [6, 6.07) is 5.76. The van der Waals surface area contributed by atoms with Crippen LogP contribution in [0.5, 0.6) is 0 Å². The molecule has 0 saturated heterocycles. The van der Waals surface area contributed by atoms with Crippen molar-refractivity contribution < 1.29 is 5.11 Å². The van der Waals surface area contributed by atoms with Gasteiger partial charge in [-0.2, -0.15) is 0 Å². The van der Waals surface area contributed by atoms with Crippen LogP contribution in [0.4, 0.5) is 0 Å². The van der Waals surface area contributed by atoms with Crippen LogP contribution in [0, 0.1) is 5.92 Å². The molecule has 1 aromatic rings. The molecular formula is C10H17ClN2O. The van der Waals surface area contributed by atoms with Gasteiger partial charge in [0.25, 0.3) is 0 Å². The third kappa shape index (κ3) is 4.05. The molecule has 3 nitrogen and oxygen atoms in total. The predicted octanol–water partition coefficient (Wildman–Crippen LogP) is 1.00. The van der Waals surface area contributed by atoms with Crippen molar-refractivity contribution in [3.63, 3.8) is 0 Å². The van der Waals surface area contributed by atoms with Crippen LogP contribution in [0.15, 0.2) is 24.4 Å². The number of hydrogen-bond donors (Lipinski definition) is 2. The summed E-state index contributed by atoms with van der Waals surface area (Å²) in [5.74, 6) is 0.127. The van der Waals surface area contributed by atoms with E-state index >= 15 is 0 Å². The summed E-state index contributed by atoms with van der Waals surface area (Å²) < 4.78 is 0. The van der Waals surface area contributed by atoms with Gasteiger partial charge < -0.3 is 10.8 Å². The standard InChI is InChI=1S/C10H16N2O.ClH/c1-8(7-13)10(11)6-9-4-2-3-5-12-9;/h2-5,8,10,13H,6-7,11H2,1H3;1H/t8?,10-;/m1./s1. The summed E-state index contributed by atoms with van der Waals surface area (Å²) in [7, 11) is 0. The molecule has 1 rings (SSSR count). The van der Waals surface area contributed by atoms with Crippen LogP contribution in [-0.2, 0) is 6.42 Å². The van der Waals surface area contributed by atoms with Gasteiger partial charge in [-0.3, -0.25) is 4.98 Å². The van der Waals surface area contributed by atoms with Crippen LogP contribution in [-0.4, -0.2) is 22.7 Å². The van der Waals surface area contributed by atoms with Crippen molar-refractivity contribution in [2.24, 2.45) is 11.7 Å². The van der Waals surface area contributed by atoms with E-state index in [4.69, 9.17) is 10.8 Å². The number of nitrogens with two attached hydrogens (primary N) is 1. The first kappa shape index (κ1) is 13.4. The van der Waals surface area contributed by atoms with Crippen molar-refractivity contribution in [2.75, 3.05) is 6.61 Å². The number of aliphatic hydroxyl groups excluding tert-OH is 1. The summed E-state index contributed by atoms with van der Waals surface area (Å²) in [5.41, 5.74) is 6.84. The molecule has 1 unspecified atom stereocenters. The first-order valence-corrected chi connectivity index (χ1v) is 4.50. The first-order valence-electron chi connectivity index (χ1n) is 4.50. The number of pyridine rings is 1. The molecule has 0 fully saturated rings. The van der Waals surface area contributed by atoms with Gasteiger partial charge in [0.2, 0.25) is 0 Å². The van der Waals surface area contributed by atoms with Crippen LogP contribution < -0.4 is 5.73 Å². The summed E-state index contributed by atoms with van der Waals surface area (Å²) in [4.78, 5) is 4.17. The van der Waals surface area contributed by atoms with E-state index in [1.807, 2.05) is 25.1 Å². The van der Waals surface area contributed by atoms with Crippen LogP contribution in [0.25, 0.3) is 0 Å². The van der Waals surface area contributed by atoms with Gasteiger partial charge in [-0.1, -0.05) is 13.0 Å². The lowest BCUT2D eigenvalue weighted by Gasteiger charge is -2.16. The van der Waals surface area contributed by atoms with Crippen LogP contribution in [0.2, 0.25) is 0 Å². The lowest BCUT2D eigenvalue weighted by Crippen LogP contribution is -2.32. The number of rotatable bonds is 4. The highest BCUT2D eigenvalue weighted by Gasteiger charge is 2.12. The summed E-state index contributed by atoms with van der Waals surface area (Å²) >= 11 is 0. The van der Waals surface area contributed by atoms with Gasteiger partial charge in [0.1, 0.15) is 0 Å². The Balaban J connectivity index is 0.00000169. The highest BCUT2D eigenvalue weighted by Crippen LogP contribution is 2.05. The molecule has 1 heterocycles. The van der Waals surface area contributed by atoms with Crippen molar-refractivity contribution in [3.8, 4) is 0 Å². The normalized spacial score (nSPS) is 14.2. The largest absolute Gasteiger partial charge is 0.396 e. The zero-order chi connectivity index (χ0) is 9.68. The number of aliphatic hydroxyl groups is 1. The molecule has 0 aromatic carbocycles. The predicted molar refractivity (Wildman–Crippen MR) is 59.4 cm³/mol. The Morgan fingerprint density at radius 2 is 2.21 bits per heavy atom. The topological polar surface area (TPSA) is 59.1 Å². The van der Waals surface area contributed by atoms with E-state index in [2.05, 4.69) is 4.98 Å². The lowest BCUT2D eigenvalue weighted by atomic mass is 9.99. The fourth-order valence-electron chi connectivity index (χ4n) is 1.10. The van der Waals surface area contributed by atoms with Crippen molar-refractivity contribution >= 4 is 12.4 Å². The second kappa shape index (κ2) is 6.76. The SMILES string of the molecule is CC(CO)[C@H](N)Cc1ccccn1.Cl. The van der Waals surface area contributed by atoms with Crippen LogP contribution >= 0.6 is 12.4 Å². The minimum Gasteiger partial charge on any atom is -0.396 e. The quantitative estimate of drug-likeness (QED) is 0.790. The fraction of sp³-hybridized carbons (Fsp3) is 0.500. The molecule has 0 aliphatic carbocycles. The average Bonchev–Trinajstić information content (AvgIpc) is 2.18. The van der Waals surface area contributed by atoms with Gasteiger partial charge in [0, 0.05) is 31.0 Å². The summed E-state index contributed by atoms with van der Waals surface area (Å²) in [6.07, 6.45) is 2.48. The van der Waals surface area contributed by atoms with E-state index in [-0.39, 0.29) is 31.0 Å². The number of aromatic nitrogens is 1. The van der Waals surface area contributed by atoms with Crippen LogP contribution in [0.1, 0.15) is 12.6 Å². The third-order valence-electron chi connectivity index (χ3n) is 2.19. The Hall–Kier alpha value is -0.640. The Morgan fingerprint density at radius 1 is 1.50 bits per heavy atom. The van der Waals surface area contributed by atoms with E-state index in [9.17, 15) is 0 Å². The molecular weight excluding hydrogens is 200 g/mol. The highest BCUT2D eigenvalue weighted by molar-refractivity contribution is 5.85. The monoisotopic (exact) mass is 216 g/mol. The van der Waals surface area contributed by atoms with E-state index in [1.54, 1.807) is 6.20 Å². The number of nitrogens with zero attached hydrogens (tertiary/aromatic N) is 1. The lowest BCUT2D eigenvalue weighted by molar-refractivity contribution is 0.215. The van der Waals surface area contributed by atoms with Gasteiger partial charge in [-0.15, -0.1) is 12.4 Å². The second-order valence-corrected chi connectivity index (χ2v) is 3.35. The van der Waals surface area contributed by atoms with Crippen molar-refractivity contribution in [1.82, 2.24) is 4.98 Å². The summed E-state index contributed by atoms with van der Waals surface area (Å²) in [5, 5.41) is 8.88. The highest BCUT2D eigenvalue weighted by atomic mass is 35.5. The Bertz CT molecular complexity index is 243. The Labute approximate surface area is 90.8 Å². The maximum Gasteiger partial charge on any atom is 0.0471 e. The molecule has 2 atom stereocenters. The Kier molecular flexibility index (Phi) is 6.45. The molecule has 0 aliphatic heterocycles. The van der Waals surface area contributed by atoms with E-state index in [0.717, 1.165) is 12.1 Å². The van der Waals surface area contributed by atoms with Gasteiger partial charge in [0.15, 0.2) is 0 Å². The maximum absolute atomic E-state index is 8.88. The minimum absolute atomic E-state index is 0. The number of halogens is 1. The molecule has 1 aromatic heterocycles. The van der Waals surface area contributed by atoms with E-state index in [1.165, 1.54) is 0 Å². The van der Waals surface area contributed by atoms with Crippen molar-refractivity contribution in [2.45, 2.75) is 19.4 Å². The molecule has 80 valence electrons. The fourth-order valence-corrected chi connectivity index (χ4v) is 1.10. The molecule has 0 aliphatic rings. The molecule has 4 heteroatoms.